The maximum Gasteiger partial charge on any atom is -0.00133 e. The third-order valence-electron chi connectivity index (χ3n) is 4.77. The molecule has 0 amide bonds. The van der Waals surface area contributed by atoms with Crippen molar-refractivity contribution in [3.63, 3.8) is 0 Å². The van der Waals surface area contributed by atoms with Crippen LogP contribution in [0.2, 0.25) is 0 Å². The Morgan fingerprint density at radius 1 is 0.739 bits per heavy atom. The summed E-state index contributed by atoms with van der Waals surface area (Å²) in [5.41, 5.74) is 8.77. The predicted octanol–water partition coefficient (Wildman–Crippen LogP) is 6.28. The summed E-state index contributed by atoms with van der Waals surface area (Å²) in [7, 11) is 0. The lowest BCUT2D eigenvalue weighted by Gasteiger charge is -2.06. The van der Waals surface area contributed by atoms with E-state index in [4.69, 9.17) is 0 Å². The molecule has 0 radical (unpaired) electrons. The van der Waals surface area contributed by atoms with Crippen LogP contribution < -0.4 is 0 Å². The molecular formula is C23H26. The second-order valence-corrected chi connectivity index (χ2v) is 6.52. The van der Waals surface area contributed by atoms with Gasteiger partial charge in [0.05, 0.1) is 0 Å². The quantitative estimate of drug-likeness (QED) is 0.339. The molecule has 0 N–H and O–H groups in total. The van der Waals surface area contributed by atoms with Gasteiger partial charge in [-0.3, -0.25) is 0 Å². The van der Waals surface area contributed by atoms with E-state index in [1.54, 1.807) is 0 Å². The molecule has 0 aromatic heterocycles. The highest BCUT2D eigenvalue weighted by molar-refractivity contribution is 5.77. The Bertz CT molecular complexity index is 706. The van der Waals surface area contributed by atoms with Crippen LogP contribution in [0.4, 0.5) is 0 Å². The molecule has 1 aliphatic carbocycles. The number of benzene rings is 2. The van der Waals surface area contributed by atoms with E-state index < -0.39 is 0 Å². The van der Waals surface area contributed by atoms with Gasteiger partial charge in [0.25, 0.3) is 0 Å². The van der Waals surface area contributed by atoms with Gasteiger partial charge in [-0.25, -0.2) is 0 Å². The van der Waals surface area contributed by atoms with Gasteiger partial charge in [0.15, 0.2) is 0 Å². The van der Waals surface area contributed by atoms with E-state index in [2.05, 4.69) is 49.6 Å². The first kappa shape index (κ1) is 15.8. The van der Waals surface area contributed by atoms with Crippen molar-refractivity contribution in [2.75, 3.05) is 0 Å². The number of fused-ring (bicyclic) bond motifs is 3. The van der Waals surface area contributed by atoms with Crippen LogP contribution in [0.3, 0.4) is 0 Å². The molecule has 2 aromatic rings. The summed E-state index contributed by atoms with van der Waals surface area (Å²) in [5, 5.41) is 0. The van der Waals surface area contributed by atoms with E-state index in [9.17, 15) is 0 Å². The first-order chi connectivity index (χ1) is 11.3. The molecule has 0 unspecified atom stereocenters. The molecule has 3 rings (SSSR count). The van der Waals surface area contributed by atoms with Gasteiger partial charge < -0.3 is 0 Å². The number of hydrogen-bond acceptors (Lipinski definition) is 0. The lowest BCUT2D eigenvalue weighted by atomic mass is 9.99. The molecule has 2 aromatic carbocycles. The molecular weight excluding hydrogens is 276 g/mol. The number of allylic oxidation sites excluding steroid dienone is 2. The molecule has 0 aliphatic heterocycles. The van der Waals surface area contributed by atoms with Crippen LogP contribution in [0.1, 0.15) is 47.9 Å². The minimum Gasteiger partial charge on any atom is -0.103 e. The molecule has 0 bridgehead atoms. The van der Waals surface area contributed by atoms with Crippen LogP contribution in [-0.4, -0.2) is 0 Å². The van der Waals surface area contributed by atoms with Crippen LogP contribution in [-0.2, 0) is 19.3 Å². The molecule has 0 heteroatoms. The molecule has 0 saturated heterocycles. The van der Waals surface area contributed by atoms with Crippen molar-refractivity contribution in [1.29, 1.82) is 0 Å². The average molecular weight is 302 g/mol. The van der Waals surface area contributed by atoms with Gasteiger partial charge in [-0.2, -0.15) is 0 Å². The smallest absolute Gasteiger partial charge is 0.00133 e. The first-order valence-electron chi connectivity index (χ1n) is 8.77. The fourth-order valence-electron chi connectivity index (χ4n) is 3.51. The SMILES string of the molecule is C=CCCCCc1ccc2c(c1)Cc1cc(CCC=C)ccc1-2. The second kappa shape index (κ2) is 7.46. The fourth-order valence-corrected chi connectivity index (χ4v) is 3.51. The minimum atomic E-state index is 1.06. The molecule has 0 nitrogen and oxygen atoms in total. The standard InChI is InChI=1S/C23H26/c1-3-5-7-8-10-19-12-14-23-21(16-19)17-20-15-18(9-6-4-2)11-13-22(20)23/h3-4,11-16H,1-2,5-10,17H2. The Morgan fingerprint density at radius 3 is 1.96 bits per heavy atom. The third kappa shape index (κ3) is 3.64. The number of unbranched alkanes of at least 4 members (excludes halogenated alkanes) is 2. The number of hydrogen-bond donors (Lipinski definition) is 0. The summed E-state index contributed by atoms with van der Waals surface area (Å²) < 4.78 is 0. The monoisotopic (exact) mass is 302 g/mol. The minimum absolute atomic E-state index is 1.06. The Hall–Kier alpha value is -2.08. The largest absolute Gasteiger partial charge is 0.103 e. The Labute approximate surface area is 140 Å². The van der Waals surface area contributed by atoms with Gasteiger partial charge in [-0.15, -0.1) is 13.2 Å². The van der Waals surface area contributed by atoms with E-state index in [0.717, 1.165) is 25.7 Å². The van der Waals surface area contributed by atoms with Crippen LogP contribution >= 0.6 is 0 Å². The Balaban J connectivity index is 1.73. The van der Waals surface area contributed by atoms with Crippen LogP contribution in [0.5, 0.6) is 0 Å². The lowest BCUT2D eigenvalue weighted by Crippen LogP contribution is -1.89. The van der Waals surface area contributed by atoms with E-state index in [1.807, 2.05) is 12.2 Å². The third-order valence-corrected chi connectivity index (χ3v) is 4.77. The predicted molar refractivity (Wildman–Crippen MR) is 101 cm³/mol. The molecule has 0 saturated carbocycles. The van der Waals surface area contributed by atoms with Crippen molar-refractivity contribution in [3.05, 3.63) is 84.0 Å². The molecule has 23 heavy (non-hydrogen) atoms. The zero-order chi connectivity index (χ0) is 16.1. The topological polar surface area (TPSA) is 0 Å². The summed E-state index contributed by atoms with van der Waals surface area (Å²) in [6, 6.07) is 14.0. The van der Waals surface area contributed by atoms with Crippen molar-refractivity contribution in [3.8, 4) is 11.1 Å². The van der Waals surface area contributed by atoms with Crippen LogP contribution in [0, 0.1) is 0 Å². The van der Waals surface area contributed by atoms with Crippen molar-refractivity contribution < 1.29 is 0 Å². The normalized spacial score (nSPS) is 11.8. The van der Waals surface area contributed by atoms with Crippen molar-refractivity contribution >= 4 is 0 Å². The summed E-state index contributed by atoms with van der Waals surface area (Å²) in [5.74, 6) is 0. The number of aryl methyl sites for hydroxylation is 2. The second-order valence-electron chi connectivity index (χ2n) is 6.52. The summed E-state index contributed by atoms with van der Waals surface area (Å²) in [6.07, 6.45) is 12.1. The molecule has 0 fully saturated rings. The van der Waals surface area contributed by atoms with Gasteiger partial charge in [0, 0.05) is 0 Å². The zero-order valence-electron chi connectivity index (χ0n) is 14.0. The van der Waals surface area contributed by atoms with E-state index >= 15 is 0 Å². The van der Waals surface area contributed by atoms with Crippen LogP contribution in [0.15, 0.2) is 61.7 Å². The molecule has 118 valence electrons. The highest BCUT2D eigenvalue weighted by Crippen LogP contribution is 2.37. The summed E-state index contributed by atoms with van der Waals surface area (Å²) >= 11 is 0. The first-order valence-corrected chi connectivity index (χ1v) is 8.77. The maximum atomic E-state index is 3.82. The Morgan fingerprint density at radius 2 is 1.35 bits per heavy atom. The zero-order valence-corrected chi connectivity index (χ0v) is 14.0. The van der Waals surface area contributed by atoms with Crippen molar-refractivity contribution in [2.24, 2.45) is 0 Å². The van der Waals surface area contributed by atoms with E-state index in [-0.39, 0.29) is 0 Å². The lowest BCUT2D eigenvalue weighted by molar-refractivity contribution is 0.748. The molecule has 1 aliphatic rings. The molecule has 0 heterocycles. The molecule has 0 spiro atoms. The van der Waals surface area contributed by atoms with Gasteiger partial charge in [-0.1, -0.05) is 48.6 Å². The van der Waals surface area contributed by atoms with Crippen molar-refractivity contribution in [1.82, 2.24) is 0 Å². The highest BCUT2D eigenvalue weighted by Gasteiger charge is 2.18. The summed E-state index contributed by atoms with van der Waals surface area (Å²) in [4.78, 5) is 0. The van der Waals surface area contributed by atoms with Gasteiger partial charge in [-0.05, 0) is 78.3 Å². The number of rotatable bonds is 8. The molecule has 0 atom stereocenters. The van der Waals surface area contributed by atoms with Gasteiger partial charge in [0.1, 0.15) is 0 Å². The van der Waals surface area contributed by atoms with Gasteiger partial charge >= 0.3 is 0 Å². The maximum absolute atomic E-state index is 3.82. The van der Waals surface area contributed by atoms with Crippen LogP contribution in [0.25, 0.3) is 11.1 Å². The fraction of sp³-hybridized carbons (Fsp3) is 0.304. The van der Waals surface area contributed by atoms with E-state index in [1.165, 1.54) is 52.6 Å². The summed E-state index contributed by atoms with van der Waals surface area (Å²) in [6.45, 7) is 7.62. The van der Waals surface area contributed by atoms with Gasteiger partial charge in [0.2, 0.25) is 0 Å². The highest BCUT2D eigenvalue weighted by atomic mass is 14.2. The van der Waals surface area contributed by atoms with Crippen molar-refractivity contribution in [2.45, 2.75) is 44.9 Å². The average Bonchev–Trinajstić information content (AvgIpc) is 2.93. The Kier molecular flexibility index (Phi) is 5.12. The van der Waals surface area contributed by atoms with E-state index in [0.29, 0.717) is 0 Å².